The van der Waals surface area contributed by atoms with Crippen molar-refractivity contribution in [3.05, 3.63) is 65.7 Å². The number of rotatable bonds is 6. The molecule has 1 saturated heterocycles. The molecule has 0 spiro atoms. The summed E-state index contributed by atoms with van der Waals surface area (Å²) in [5, 5.41) is 2.76. The minimum atomic E-state index is -0.546. The average molecular weight is 384 g/mol. The van der Waals surface area contributed by atoms with Crippen molar-refractivity contribution in [3.63, 3.8) is 0 Å². The second-order valence-corrected chi connectivity index (χ2v) is 7.03. The summed E-state index contributed by atoms with van der Waals surface area (Å²) in [6.45, 7) is 2.96. The predicted octanol–water partition coefficient (Wildman–Crippen LogP) is 1.44. The van der Waals surface area contributed by atoms with E-state index in [2.05, 4.69) is 15.2 Å². The van der Waals surface area contributed by atoms with Gasteiger partial charge in [0, 0.05) is 44.5 Å². The monoisotopic (exact) mass is 384 g/mol. The van der Waals surface area contributed by atoms with Gasteiger partial charge in [-0.3, -0.25) is 14.6 Å². The molecule has 1 fully saturated rings. The molecule has 0 bridgehead atoms. The lowest BCUT2D eigenvalue weighted by atomic mass is 9.93. The molecule has 3 rings (SSSR count). The van der Waals surface area contributed by atoms with Crippen LogP contribution in [-0.2, 0) is 16.0 Å². The molecule has 1 aliphatic heterocycles. The number of amides is 2. The van der Waals surface area contributed by atoms with Crippen LogP contribution in [0.1, 0.15) is 17.2 Å². The Hall–Kier alpha value is -2.80. The fourth-order valence-corrected chi connectivity index (χ4v) is 3.24. The summed E-state index contributed by atoms with van der Waals surface area (Å²) < 4.78 is 13.3. The van der Waals surface area contributed by atoms with E-state index in [0.29, 0.717) is 25.1 Å². The van der Waals surface area contributed by atoms with Gasteiger partial charge < -0.3 is 15.1 Å². The van der Waals surface area contributed by atoms with Crippen molar-refractivity contribution in [2.45, 2.75) is 12.3 Å². The average Bonchev–Trinajstić information content (AvgIpc) is 2.72. The third-order valence-corrected chi connectivity index (χ3v) is 5.00. The summed E-state index contributed by atoms with van der Waals surface area (Å²) in [6.07, 6.45) is 2.05. The molecule has 2 amide bonds. The van der Waals surface area contributed by atoms with E-state index in [1.165, 1.54) is 12.1 Å². The summed E-state index contributed by atoms with van der Waals surface area (Å²) in [5.41, 5.74) is 1.45. The number of nitrogens with zero attached hydrogens (tertiary/aromatic N) is 3. The summed E-state index contributed by atoms with van der Waals surface area (Å²) >= 11 is 0. The third kappa shape index (κ3) is 5.36. The first-order valence-corrected chi connectivity index (χ1v) is 9.42. The highest BCUT2D eigenvalue weighted by Gasteiger charge is 2.24. The highest BCUT2D eigenvalue weighted by atomic mass is 19.1. The number of halogens is 1. The molecule has 7 heteroatoms. The Morgan fingerprint density at radius 3 is 2.46 bits per heavy atom. The van der Waals surface area contributed by atoms with E-state index in [4.69, 9.17) is 0 Å². The fourth-order valence-electron chi connectivity index (χ4n) is 3.24. The third-order valence-electron chi connectivity index (χ3n) is 5.00. The molecule has 1 aliphatic rings. The number of carbonyl (C=O) groups is 2. The van der Waals surface area contributed by atoms with Crippen molar-refractivity contribution >= 4 is 11.8 Å². The van der Waals surface area contributed by atoms with Gasteiger partial charge in [0.2, 0.25) is 11.8 Å². The van der Waals surface area contributed by atoms with Crippen LogP contribution in [0.4, 0.5) is 4.39 Å². The Balaban J connectivity index is 1.66. The van der Waals surface area contributed by atoms with Gasteiger partial charge in [0.25, 0.3) is 0 Å². The van der Waals surface area contributed by atoms with Crippen molar-refractivity contribution < 1.29 is 14.0 Å². The predicted molar refractivity (Wildman–Crippen MR) is 104 cm³/mol. The number of aromatic nitrogens is 1. The maximum Gasteiger partial charge on any atom is 0.242 e. The lowest BCUT2D eigenvalue weighted by Gasteiger charge is -2.32. The summed E-state index contributed by atoms with van der Waals surface area (Å²) in [5.74, 6) is -1.25. The van der Waals surface area contributed by atoms with Gasteiger partial charge in [-0.15, -0.1) is 0 Å². The van der Waals surface area contributed by atoms with Crippen LogP contribution in [0.2, 0.25) is 0 Å². The normalized spacial score (nSPS) is 15.9. The Morgan fingerprint density at radius 2 is 1.82 bits per heavy atom. The van der Waals surface area contributed by atoms with E-state index < -0.39 is 5.92 Å². The topological polar surface area (TPSA) is 65.5 Å². The molecular formula is C21H25FN4O2. The highest BCUT2D eigenvalue weighted by Crippen LogP contribution is 2.21. The number of hydrogen-bond acceptors (Lipinski definition) is 4. The second-order valence-electron chi connectivity index (χ2n) is 7.03. The van der Waals surface area contributed by atoms with Crippen LogP contribution in [0, 0.1) is 5.82 Å². The molecule has 1 N–H and O–H groups in total. The minimum Gasteiger partial charge on any atom is -0.346 e. The van der Waals surface area contributed by atoms with Gasteiger partial charge in [-0.1, -0.05) is 18.2 Å². The first kappa shape index (κ1) is 19.9. The molecule has 1 unspecified atom stereocenters. The molecule has 2 heterocycles. The fraction of sp³-hybridized carbons (Fsp3) is 0.381. The van der Waals surface area contributed by atoms with Crippen LogP contribution < -0.4 is 5.32 Å². The number of carbonyl (C=O) groups excluding carboxylic acids is 2. The van der Waals surface area contributed by atoms with Crippen LogP contribution in [-0.4, -0.2) is 66.4 Å². The van der Waals surface area contributed by atoms with E-state index in [-0.39, 0.29) is 24.2 Å². The zero-order valence-electron chi connectivity index (χ0n) is 16.0. The maximum absolute atomic E-state index is 13.3. The number of nitrogens with one attached hydrogen (secondary N) is 1. The summed E-state index contributed by atoms with van der Waals surface area (Å²) in [6, 6.07) is 11.4. The van der Waals surface area contributed by atoms with Gasteiger partial charge in [-0.2, -0.15) is 0 Å². The molecule has 0 radical (unpaired) electrons. The van der Waals surface area contributed by atoms with E-state index in [0.717, 1.165) is 18.8 Å². The Bertz CT molecular complexity index is 790. The van der Waals surface area contributed by atoms with E-state index in [1.807, 2.05) is 25.2 Å². The number of hydrogen-bond donors (Lipinski definition) is 1. The van der Waals surface area contributed by atoms with Gasteiger partial charge in [-0.05, 0) is 36.9 Å². The Kier molecular flexibility index (Phi) is 6.71. The standard InChI is InChI=1S/C21H25FN4O2/c1-25-10-12-26(13-11-25)20(27)15-24-21(28)19(14-18-4-2-3-9-23-18)16-5-7-17(22)8-6-16/h2-9,19H,10-15H2,1H3,(H,24,28). The van der Waals surface area contributed by atoms with Crippen LogP contribution in [0.5, 0.6) is 0 Å². The van der Waals surface area contributed by atoms with Gasteiger partial charge in [0.1, 0.15) is 5.82 Å². The van der Waals surface area contributed by atoms with Gasteiger partial charge in [-0.25, -0.2) is 4.39 Å². The van der Waals surface area contributed by atoms with Crippen LogP contribution >= 0.6 is 0 Å². The number of pyridine rings is 1. The first-order valence-electron chi connectivity index (χ1n) is 9.42. The van der Waals surface area contributed by atoms with Crippen molar-refractivity contribution in [2.24, 2.45) is 0 Å². The molecule has 6 nitrogen and oxygen atoms in total. The minimum absolute atomic E-state index is 0.0392. The highest BCUT2D eigenvalue weighted by molar-refractivity contribution is 5.88. The molecule has 0 saturated carbocycles. The first-order chi connectivity index (χ1) is 13.5. The molecule has 2 aromatic rings. The van der Waals surface area contributed by atoms with Crippen molar-refractivity contribution in [1.29, 1.82) is 0 Å². The van der Waals surface area contributed by atoms with Crippen LogP contribution in [0.3, 0.4) is 0 Å². The van der Waals surface area contributed by atoms with Crippen molar-refractivity contribution in [1.82, 2.24) is 20.1 Å². The van der Waals surface area contributed by atoms with Crippen LogP contribution in [0.25, 0.3) is 0 Å². The number of likely N-dealkylation sites (N-methyl/N-ethyl adjacent to an activating group) is 1. The second kappa shape index (κ2) is 9.41. The van der Waals surface area contributed by atoms with E-state index >= 15 is 0 Å². The molecule has 1 aromatic carbocycles. The Labute approximate surface area is 164 Å². The molecular weight excluding hydrogens is 359 g/mol. The van der Waals surface area contributed by atoms with Gasteiger partial charge >= 0.3 is 0 Å². The van der Waals surface area contributed by atoms with E-state index in [1.54, 1.807) is 23.2 Å². The molecule has 148 valence electrons. The largest absolute Gasteiger partial charge is 0.346 e. The molecule has 28 heavy (non-hydrogen) atoms. The summed E-state index contributed by atoms with van der Waals surface area (Å²) in [4.78, 5) is 33.5. The Morgan fingerprint density at radius 1 is 1.11 bits per heavy atom. The summed E-state index contributed by atoms with van der Waals surface area (Å²) in [7, 11) is 2.02. The molecule has 0 aliphatic carbocycles. The van der Waals surface area contributed by atoms with Crippen molar-refractivity contribution in [3.8, 4) is 0 Å². The lowest BCUT2D eigenvalue weighted by Crippen LogP contribution is -2.50. The smallest absolute Gasteiger partial charge is 0.242 e. The lowest BCUT2D eigenvalue weighted by molar-refractivity contribution is -0.134. The van der Waals surface area contributed by atoms with Crippen LogP contribution in [0.15, 0.2) is 48.7 Å². The van der Waals surface area contributed by atoms with Gasteiger partial charge in [0.15, 0.2) is 0 Å². The number of piperazine rings is 1. The van der Waals surface area contributed by atoms with Crippen molar-refractivity contribution in [2.75, 3.05) is 39.8 Å². The number of benzene rings is 1. The molecule has 1 aromatic heterocycles. The van der Waals surface area contributed by atoms with Gasteiger partial charge in [0.05, 0.1) is 12.5 Å². The SMILES string of the molecule is CN1CCN(C(=O)CNC(=O)C(Cc2ccccn2)c2ccc(F)cc2)CC1. The zero-order valence-corrected chi connectivity index (χ0v) is 16.0. The quantitative estimate of drug-likeness (QED) is 0.819. The van der Waals surface area contributed by atoms with E-state index in [9.17, 15) is 14.0 Å². The maximum atomic E-state index is 13.3. The zero-order chi connectivity index (χ0) is 19.9. The molecule has 1 atom stereocenters.